The van der Waals surface area contributed by atoms with Crippen molar-refractivity contribution in [3.63, 3.8) is 0 Å². The normalized spacial score (nSPS) is 13.3. The molecular formula is C16H18N4O3. The molecule has 0 radical (unpaired) electrons. The van der Waals surface area contributed by atoms with E-state index in [4.69, 9.17) is 15.2 Å². The first-order chi connectivity index (χ1) is 11.2. The zero-order valence-electron chi connectivity index (χ0n) is 12.9. The third kappa shape index (κ3) is 3.50. The number of carbonyl (C=O) groups excluding carboxylic acids is 1. The van der Waals surface area contributed by atoms with E-state index in [0.717, 1.165) is 23.4 Å². The molecule has 0 fully saturated rings. The molecule has 7 heteroatoms. The lowest BCUT2D eigenvalue weighted by Crippen LogP contribution is -2.39. The molecule has 1 aromatic carbocycles. The van der Waals surface area contributed by atoms with Gasteiger partial charge in [-0.1, -0.05) is 0 Å². The van der Waals surface area contributed by atoms with E-state index in [0.29, 0.717) is 18.8 Å². The van der Waals surface area contributed by atoms with Gasteiger partial charge < -0.3 is 20.1 Å². The monoisotopic (exact) mass is 314 g/mol. The van der Waals surface area contributed by atoms with E-state index in [2.05, 4.69) is 9.97 Å². The van der Waals surface area contributed by atoms with Gasteiger partial charge in [0, 0.05) is 12.7 Å². The van der Waals surface area contributed by atoms with Gasteiger partial charge in [-0.05, 0) is 36.2 Å². The summed E-state index contributed by atoms with van der Waals surface area (Å²) in [5.41, 5.74) is 7.45. The molecule has 120 valence electrons. The summed E-state index contributed by atoms with van der Waals surface area (Å²) >= 11 is 0. The lowest BCUT2D eigenvalue weighted by atomic mass is 10.1. The number of amides is 1. The number of nitrogens with zero attached hydrogens (tertiary/aromatic N) is 3. The largest absolute Gasteiger partial charge is 0.497 e. The van der Waals surface area contributed by atoms with E-state index in [-0.39, 0.29) is 18.5 Å². The molecule has 0 saturated carbocycles. The summed E-state index contributed by atoms with van der Waals surface area (Å²) in [6, 6.07) is 7.12. The Kier molecular flexibility index (Phi) is 4.27. The smallest absolute Gasteiger partial charge is 0.260 e. The fraction of sp³-hybridized carbons (Fsp3) is 0.312. The van der Waals surface area contributed by atoms with Gasteiger partial charge >= 0.3 is 0 Å². The Morgan fingerprint density at radius 1 is 1.30 bits per heavy atom. The van der Waals surface area contributed by atoms with Crippen molar-refractivity contribution in [2.45, 2.75) is 13.0 Å². The van der Waals surface area contributed by atoms with Gasteiger partial charge in [-0.3, -0.25) is 4.79 Å². The minimum Gasteiger partial charge on any atom is -0.497 e. The van der Waals surface area contributed by atoms with Crippen molar-refractivity contribution >= 4 is 11.9 Å². The first kappa shape index (κ1) is 15.1. The number of fused-ring (bicyclic) bond motifs is 1. The van der Waals surface area contributed by atoms with E-state index >= 15 is 0 Å². The summed E-state index contributed by atoms with van der Waals surface area (Å²) in [6.45, 7) is 1.06. The second-order valence-corrected chi connectivity index (χ2v) is 5.23. The highest BCUT2D eigenvalue weighted by Crippen LogP contribution is 2.19. The molecule has 2 N–H and O–H groups in total. The molecule has 0 spiro atoms. The van der Waals surface area contributed by atoms with Crippen LogP contribution in [0.15, 0.2) is 30.5 Å². The molecule has 2 heterocycles. The van der Waals surface area contributed by atoms with Crippen molar-refractivity contribution < 1.29 is 14.3 Å². The fourth-order valence-electron chi connectivity index (χ4n) is 2.44. The highest BCUT2D eigenvalue weighted by atomic mass is 16.5. The van der Waals surface area contributed by atoms with Crippen LogP contribution in [0.1, 0.15) is 11.3 Å². The highest BCUT2D eigenvalue weighted by molar-refractivity contribution is 5.78. The van der Waals surface area contributed by atoms with Gasteiger partial charge in [0.2, 0.25) is 5.95 Å². The number of anilines is 1. The van der Waals surface area contributed by atoms with Crippen LogP contribution in [0.25, 0.3) is 0 Å². The Morgan fingerprint density at radius 3 is 2.78 bits per heavy atom. The number of nitrogen functional groups attached to an aromatic ring is 1. The number of ether oxygens (including phenoxy) is 2. The molecule has 1 amide bonds. The van der Waals surface area contributed by atoms with Crippen molar-refractivity contribution in [3.8, 4) is 11.5 Å². The van der Waals surface area contributed by atoms with Gasteiger partial charge in [-0.25, -0.2) is 9.97 Å². The number of rotatable bonds is 4. The number of benzene rings is 1. The Balaban J connectivity index is 1.58. The number of hydrogen-bond acceptors (Lipinski definition) is 6. The van der Waals surface area contributed by atoms with Crippen molar-refractivity contribution in [1.82, 2.24) is 14.9 Å². The summed E-state index contributed by atoms with van der Waals surface area (Å²) in [5, 5.41) is 0. The molecular weight excluding hydrogens is 296 g/mol. The quantitative estimate of drug-likeness (QED) is 0.906. The summed E-state index contributed by atoms with van der Waals surface area (Å²) in [5.74, 6) is 1.52. The predicted molar refractivity (Wildman–Crippen MR) is 84.1 cm³/mol. The molecule has 0 atom stereocenters. The van der Waals surface area contributed by atoms with E-state index in [9.17, 15) is 4.79 Å². The van der Waals surface area contributed by atoms with Crippen LogP contribution in [0, 0.1) is 0 Å². The van der Waals surface area contributed by atoms with Crippen LogP contribution in [0.4, 0.5) is 5.95 Å². The molecule has 7 nitrogen and oxygen atoms in total. The van der Waals surface area contributed by atoms with E-state index < -0.39 is 0 Å². The van der Waals surface area contributed by atoms with Crippen LogP contribution in [-0.2, 0) is 17.8 Å². The molecule has 0 bridgehead atoms. The Hall–Kier alpha value is -2.83. The van der Waals surface area contributed by atoms with Crippen LogP contribution >= 0.6 is 0 Å². The lowest BCUT2D eigenvalue weighted by Gasteiger charge is -2.27. The molecule has 0 aliphatic carbocycles. The van der Waals surface area contributed by atoms with Gasteiger partial charge in [0.05, 0.1) is 19.3 Å². The fourth-order valence-corrected chi connectivity index (χ4v) is 2.44. The first-order valence-electron chi connectivity index (χ1n) is 7.30. The minimum atomic E-state index is -0.0800. The molecule has 1 aliphatic rings. The van der Waals surface area contributed by atoms with E-state index in [1.807, 2.05) is 0 Å². The number of methoxy groups -OCH3 is 1. The molecule has 1 aliphatic heterocycles. The minimum absolute atomic E-state index is 0.0117. The molecule has 1 aromatic heterocycles. The second-order valence-electron chi connectivity index (χ2n) is 5.23. The molecule has 3 rings (SSSR count). The van der Waals surface area contributed by atoms with Gasteiger partial charge in [-0.15, -0.1) is 0 Å². The summed E-state index contributed by atoms with van der Waals surface area (Å²) < 4.78 is 10.6. The van der Waals surface area contributed by atoms with Gasteiger partial charge in [0.25, 0.3) is 5.91 Å². The number of hydrogen-bond donors (Lipinski definition) is 1. The third-order valence-electron chi connectivity index (χ3n) is 3.74. The van der Waals surface area contributed by atoms with Crippen LogP contribution in [0.2, 0.25) is 0 Å². The van der Waals surface area contributed by atoms with Crippen LogP contribution in [0.3, 0.4) is 0 Å². The highest BCUT2D eigenvalue weighted by Gasteiger charge is 2.22. The van der Waals surface area contributed by atoms with Gasteiger partial charge in [0.15, 0.2) is 6.61 Å². The molecule has 2 aromatic rings. The zero-order valence-corrected chi connectivity index (χ0v) is 12.9. The summed E-state index contributed by atoms with van der Waals surface area (Å²) in [4.78, 5) is 22.2. The van der Waals surface area contributed by atoms with E-state index in [1.165, 1.54) is 0 Å². The second kappa shape index (κ2) is 6.51. The van der Waals surface area contributed by atoms with E-state index in [1.54, 1.807) is 42.5 Å². The number of aromatic nitrogens is 2. The SMILES string of the molecule is COc1ccc(OCC(=O)N2CCc3cnc(N)nc3C2)cc1. The molecule has 0 saturated heterocycles. The average molecular weight is 314 g/mol. The number of carbonyl (C=O) groups is 1. The average Bonchev–Trinajstić information content (AvgIpc) is 2.59. The van der Waals surface area contributed by atoms with Crippen molar-refractivity contribution in [3.05, 3.63) is 41.7 Å². The van der Waals surface area contributed by atoms with Crippen molar-refractivity contribution in [2.24, 2.45) is 0 Å². The lowest BCUT2D eigenvalue weighted by molar-refractivity contribution is -0.134. The van der Waals surface area contributed by atoms with Crippen molar-refractivity contribution in [1.29, 1.82) is 0 Å². The third-order valence-corrected chi connectivity index (χ3v) is 3.74. The topological polar surface area (TPSA) is 90.6 Å². The summed E-state index contributed by atoms with van der Waals surface area (Å²) in [7, 11) is 1.60. The Morgan fingerprint density at radius 2 is 2.04 bits per heavy atom. The maximum atomic E-state index is 12.3. The summed E-state index contributed by atoms with van der Waals surface area (Å²) in [6.07, 6.45) is 2.46. The first-order valence-corrected chi connectivity index (χ1v) is 7.30. The Labute approximate surface area is 134 Å². The van der Waals surface area contributed by atoms with Crippen LogP contribution in [-0.4, -0.2) is 41.0 Å². The number of nitrogens with two attached hydrogens (primary N) is 1. The molecule has 23 heavy (non-hydrogen) atoms. The predicted octanol–water partition coefficient (Wildman–Crippen LogP) is 1.03. The van der Waals surface area contributed by atoms with Gasteiger partial charge in [-0.2, -0.15) is 0 Å². The van der Waals surface area contributed by atoms with Crippen molar-refractivity contribution in [2.75, 3.05) is 26.0 Å². The Bertz CT molecular complexity index is 703. The van der Waals surface area contributed by atoms with Gasteiger partial charge in [0.1, 0.15) is 11.5 Å². The van der Waals surface area contributed by atoms with Crippen LogP contribution in [0.5, 0.6) is 11.5 Å². The maximum Gasteiger partial charge on any atom is 0.260 e. The maximum absolute atomic E-state index is 12.3. The zero-order chi connectivity index (χ0) is 16.2. The van der Waals surface area contributed by atoms with Crippen LogP contribution < -0.4 is 15.2 Å². The standard InChI is InChI=1S/C16H18N4O3/c1-22-12-2-4-13(5-3-12)23-10-15(21)20-7-6-11-8-18-16(17)19-14(11)9-20/h2-5,8H,6-7,9-10H2,1H3,(H2,17,18,19). The molecule has 0 unspecified atom stereocenters.